The van der Waals surface area contributed by atoms with Gasteiger partial charge in [-0.15, -0.1) is 0 Å². The normalized spacial score (nSPS) is 13.1. The molecule has 0 amide bonds. The molecular weight excluding hydrogens is 152 g/mol. The molecule has 0 aliphatic carbocycles. The predicted molar refractivity (Wildman–Crippen MR) is 41.1 cm³/mol. The van der Waals surface area contributed by atoms with Crippen molar-refractivity contribution in [1.29, 1.82) is 0 Å². The second kappa shape index (κ2) is 5.69. The van der Waals surface area contributed by atoms with Crippen LogP contribution in [0, 0.1) is 5.92 Å². The van der Waals surface area contributed by atoms with Gasteiger partial charge in [-0.1, -0.05) is 20.3 Å². The van der Waals surface area contributed by atoms with Gasteiger partial charge in [0.1, 0.15) is 6.61 Å². The van der Waals surface area contributed by atoms with Crippen molar-refractivity contribution in [3.05, 3.63) is 0 Å². The van der Waals surface area contributed by atoms with E-state index in [4.69, 9.17) is 16.3 Å². The summed E-state index contributed by atoms with van der Waals surface area (Å²) >= 11 is 5.04. The van der Waals surface area contributed by atoms with Gasteiger partial charge in [0.15, 0.2) is 0 Å². The molecule has 2 nitrogen and oxygen atoms in total. The number of hydrogen-bond acceptors (Lipinski definition) is 2. The first-order valence-electron chi connectivity index (χ1n) is 3.42. The summed E-state index contributed by atoms with van der Waals surface area (Å²) in [4.78, 5) is 10.2. The summed E-state index contributed by atoms with van der Waals surface area (Å²) in [5.74, 6) is 0.510. The number of hydrogen-bond donors (Lipinski definition) is 0. The van der Waals surface area contributed by atoms with Gasteiger partial charge in [0.25, 0.3) is 0 Å². The molecule has 0 aliphatic rings. The topological polar surface area (TPSA) is 26.3 Å². The average Bonchev–Trinajstić information content (AvgIpc) is 1.87. The summed E-state index contributed by atoms with van der Waals surface area (Å²) < 4.78 is 4.97. The molecule has 0 aliphatic heterocycles. The van der Waals surface area contributed by atoms with Crippen LogP contribution < -0.4 is 0 Å². The van der Waals surface area contributed by atoms with Gasteiger partial charge < -0.3 is 4.74 Å². The smallest absolute Gasteiger partial charge is 0.247 e. The van der Waals surface area contributed by atoms with Gasteiger partial charge in [-0.05, 0) is 17.5 Å². The summed E-state index contributed by atoms with van der Waals surface area (Å²) in [6, 6.07) is 0. The minimum absolute atomic E-state index is 0.0336. The zero-order valence-corrected chi connectivity index (χ0v) is 7.15. The Morgan fingerprint density at radius 2 is 2.30 bits per heavy atom. The fourth-order valence-corrected chi connectivity index (χ4v) is 0.535. The molecule has 0 fully saturated rings. The van der Waals surface area contributed by atoms with Crippen molar-refractivity contribution in [2.75, 3.05) is 13.2 Å². The van der Waals surface area contributed by atoms with Crippen molar-refractivity contribution in [2.24, 2.45) is 5.92 Å². The molecule has 0 N–H and O–H groups in total. The van der Waals surface area contributed by atoms with Crippen molar-refractivity contribution in [2.45, 2.75) is 20.3 Å². The van der Waals surface area contributed by atoms with Crippen LogP contribution in [-0.2, 0) is 9.53 Å². The minimum atomic E-state index is -0.427. The first-order chi connectivity index (χ1) is 4.66. The lowest BCUT2D eigenvalue weighted by molar-refractivity contribution is -0.116. The molecule has 0 saturated heterocycles. The monoisotopic (exact) mass is 164 g/mol. The van der Waals surface area contributed by atoms with Crippen molar-refractivity contribution in [3.63, 3.8) is 0 Å². The molecule has 1 unspecified atom stereocenters. The van der Waals surface area contributed by atoms with Crippen molar-refractivity contribution >= 4 is 16.8 Å². The Bertz CT molecular complexity index is 104. The summed E-state index contributed by atoms with van der Waals surface area (Å²) in [5.41, 5.74) is 0. The molecule has 0 aromatic carbocycles. The van der Waals surface area contributed by atoms with Gasteiger partial charge in [-0.2, -0.15) is 0 Å². The highest BCUT2D eigenvalue weighted by molar-refractivity contribution is 6.63. The van der Waals surface area contributed by atoms with E-state index in [1.807, 2.05) is 0 Å². The van der Waals surface area contributed by atoms with Crippen LogP contribution >= 0.6 is 11.6 Å². The van der Waals surface area contributed by atoms with E-state index in [2.05, 4.69) is 13.8 Å². The van der Waals surface area contributed by atoms with Crippen LogP contribution in [0.5, 0.6) is 0 Å². The Labute approximate surface area is 66.5 Å². The maximum atomic E-state index is 10.2. The third-order valence-corrected chi connectivity index (χ3v) is 1.42. The number of rotatable bonds is 5. The summed E-state index contributed by atoms with van der Waals surface area (Å²) in [6.07, 6.45) is 1.07. The van der Waals surface area contributed by atoms with E-state index in [0.717, 1.165) is 6.42 Å². The first-order valence-corrected chi connectivity index (χ1v) is 3.80. The lowest BCUT2D eigenvalue weighted by atomic mass is 10.1. The standard InChI is InChI=1S/C7H13ClO2/c1-3-6(2)4-10-5-7(8)9/h6H,3-5H2,1-2H3. The molecule has 10 heavy (non-hydrogen) atoms. The Kier molecular flexibility index (Phi) is 5.64. The van der Waals surface area contributed by atoms with Crippen LogP contribution in [0.25, 0.3) is 0 Å². The SMILES string of the molecule is CCC(C)COCC(=O)Cl. The van der Waals surface area contributed by atoms with E-state index in [-0.39, 0.29) is 6.61 Å². The molecule has 60 valence electrons. The Morgan fingerprint density at radius 1 is 1.70 bits per heavy atom. The number of halogens is 1. The molecule has 0 aromatic heterocycles. The molecule has 0 rings (SSSR count). The second-order valence-corrected chi connectivity index (χ2v) is 2.81. The zero-order chi connectivity index (χ0) is 7.98. The van der Waals surface area contributed by atoms with E-state index < -0.39 is 5.24 Å². The van der Waals surface area contributed by atoms with Gasteiger partial charge in [0.2, 0.25) is 5.24 Å². The van der Waals surface area contributed by atoms with Crippen LogP contribution in [0.15, 0.2) is 0 Å². The van der Waals surface area contributed by atoms with Crippen LogP contribution in [0.3, 0.4) is 0 Å². The molecule has 0 spiro atoms. The van der Waals surface area contributed by atoms with Crippen LogP contribution in [0.4, 0.5) is 0 Å². The fourth-order valence-electron chi connectivity index (χ4n) is 0.458. The van der Waals surface area contributed by atoms with Gasteiger partial charge in [-0.25, -0.2) is 0 Å². The minimum Gasteiger partial charge on any atom is -0.372 e. The summed E-state index contributed by atoms with van der Waals surface area (Å²) in [5, 5.41) is -0.427. The van der Waals surface area contributed by atoms with Gasteiger partial charge >= 0.3 is 0 Å². The largest absolute Gasteiger partial charge is 0.372 e. The van der Waals surface area contributed by atoms with E-state index in [9.17, 15) is 4.79 Å². The number of ether oxygens (including phenoxy) is 1. The second-order valence-electron chi connectivity index (χ2n) is 2.38. The molecule has 0 aromatic rings. The molecule has 1 atom stereocenters. The molecular formula is C7H13ClO2. The Hall–Kier alpha value is -0.0800. The lowest BCUT2D eigenvalue weighted by Crippen LogP contribution is -2.08. The van der Waals surface area contributed by atoms with Crippen LogP contribution in [0.2, 0.25) is 0 Å². The van der Waals surface area contributed by atoms with Crippen molar-refractivity contribution < 1.29 is 9.53 Å². The predicted octanol–water partition coefficient (Wildman–Crippen LogP) is 1.81. The summed E-state index contributed by atoms with van der Waals surface area (Å²) in [6.45, 7) is 4.80. The van der Waals surface area contributed by atoms with Gasteiger partial charge in [0, 0.05) is 6.61 Å². The van der Waals surface area contributed by atoms with Crippen molar-refractivity contribution in [3.8, 4) is 0 Å². The van der Waals surface area contributed by atoms with E-state index in [1.54, 1.807) is 0 Å². The molecule has 0 bridgehead atoms. The van der Waals surface area contributed by atoms with E-state index in [1.165, 1.54) is 0 Å². The maximum absolute atomic E-state index is 10.2. The third-order valence-electron chi connectivity index (χ3n) is 1.31. The van der Waals surface area contributed by atoms with Crippen molar-refractivity contribution in [1.82, 2.24) is 0 Å². The average molecular weight is 165 g/mol. The van der Waals surface area contributed by atoms with Gasteiger partial charge in [0.05, 0.1) is 0 Å². The fraction of sp³-hybridized carbons (Fsp3) is 0.857. The highest BCUT2D eigenvalue weighted by Gasteiger charge is 2.00. The quantitative estimate of drug-likeness (QED) is 0.580. The first kappa shape index (κ1) is 9.92. The summed E-state index contributed by atoms with van der Waals surface area (Å²) in [7, 11) is 0. The molecule has 0 saturated carbocycles. The van der Waals surface area contributed by atoms with Gasteiger partial charge in [-0.3, -0.25) is 4.79 Å². The molecule has 3 heteroatoms. The van der Waals surface area contributed by atoms with E-state index in [0.29, 0.717) is 12.5 Å². The van der Waals surface area contributed by atoms with Crippen LogP contribution in [0.1, 0.15) is 20.3 Å². The lowest BCUT2D eigenvalue weighted by Gasteiger charge is -2.06. The highest BCUT2D eigenvalue weighted by atomic mass is 35.5. The maximum Gasteiger partial charge on any atom is 0.247 e. The Balaban J connectivity index is 3.11. The third kappa shape index (κ3) is 6.05. The molecule has 0 heterocycles. The number of carbonyl (C=O) groups excluding carboxylic acids is 1. The molecule has 0 radical (unpaired) electrons. The Morgan fingerprint density at radius 3 is 2.70 bits per heavy atom. The highest BCUT2D eigenvalue weighted by Crippen LogP contribution is 2.00. The number of carbonyl (C=O) groups is 1. The van der Waals surface area contributed by atoms with E-state index >= 15 is 0 Å². The van der Waals surface area contributed by atoms with Crippen LogP contribution in [-0.4, -0.2) is 18.5 Å². The zero-order valence-electron chi connectivity index (χ0n) is 6.39.